The van der Waals surface area contributed by atoms with Crippen molar-refractivity contribution in [1.29, 1.82) is 0 Å². The van der Waals surface area contributed by atoms with Crippen LogP contribution in [0.2, 0.25) is 0 Å². The first-order chi connectivity index (χ1) is 21.1. The second-order valence-electron chi connectivity index (χ2n) is 9.79. The Morgan fingerprint density at radius 1 is 0.767 bits per heavy atom. The molecule has 0 saturated carbocycles. The lowest BCUT2D eigenvalue weighted by molar-refractivity contribution is 0.354. The highest BCUT2D eigenvalue weighted by molar-refractivity contribution is 5.98. The summed E-state index contributed by atoms with van der Waals surface area (Å²) in [6.07, 6.45) is 4.86. The second kappa shape index (κ2) is 14.5. The normalized spacial score (nSPS) is 11.1. The molecule has 3 aromatic carbocycles. The monoisotopic (exact) mass is 573 g/mol. The summed E-state index contributed by atoms with van der Waals surface area (Å²) in [6.45, 7) is 2.59. The molecule has 0 radical (unpaired) electrons. The van der Waals surface area contributed by atoms with Crippen LogP contribution >= 0.6 is 0 Å². The highest BCUT2D eigenvalue weighted by Gasteiger charge is 2.16. The number of hydrogen-bond acceptors (Lipinski definition) is 9. The van der Waals surface area contributed by atoms with Crippen molar-refractivity contribution in [3.8, 4) is 11.5 Å². The lowest BCUT2D eigenvalue weighted by Gasteiger charge is -2.17. The van der Waals surface area contributed by atoms with Gasteiger partial charge in [-0.15, -0.1) is 0 Å². The Balaban J connectivity index is 1.49. The van der Waals surface area contributed by atoms with Crippen LogP contribution in [0.15, 0.2) is 108 Å². The Bertz CT molecular complexity index is 1650. The first-order valence-corrected chi connectivity index (χ1v) is 14.1. The van der Waals surface area contributed by atoms with Crippen LogP contribution in [0.4, 0.5) is 23.3 Å². The number of ether oxygens (including phenoxy) is 2. The van der Waals surface area contributed by atoms with Crippen molar-refractivity contribution in [2.75, 3.05) is 36.8 Å². The number of hydrazone groups is 1. The summed E-state index contributed by atoms with van der Waals surface area (Å²) >= 11 is 0. The van der Waals surface area contributed by atoms with E-state index in [1.807, 2.05) is 85.8 Å². The van der Waals surface area contributed by atoms with Crippen LogP contribution < -0.4 is 25.5 Å². The zero-order valence-electron chi connectivity index (χ0n) is 24.5. The SMILES string of the molecule is COc1ccc(CCNc2nc(Nc3ccccc3)nc(NN=C(C)c3ccncc3)c2Cc2ccccc2)cc1OC. The maximum absolute atomic E-state index is 5.49. The Labute approximate surface area is 252 Å². The topological polar surface area (TPSA) is 106 Å². The molecule has 0 aliphatic heterocycles. The van der Waals surface area contributed by atoms with Crippen molar-refractivity contribution in [2.24, 2.45) is 5.10 Å². The lowest BCUT2D eigenvalue weighted by Crippen LogP contribution is -2.14. The van der Waals surface area contributed by atoms with Crippen molar-refractivity contribution >= 4 is 29.0 Å². The van der Waals surface area contributed by atoms with Gasteiger partial charge in [-0.2, -0.15) is 15.1 Å². The Kier molecular flexibility index (Phi) is 9.77. The molecule has 0 atom stereocenters. The van der Waals surface area contributed by atoms with Crippen LogP contribution in [0, 0.1) is 0 Å². The molecule has 0 bridgehead atoms. The first-order valence-electron chi connectivity index (χ1n) is 14.1. The Morgan fingerprint density at radius 2 is 1.47 bits per heavy atom. The third-order valence-corrected chi connectivity index (χ3v) is 6.84. The molecule has 0 saturated heterocycles. The third kappa shape index (κ3) is 7.85. The fourth-order valence-corrected chi connectivity index (χ4v) is 4.55. The van der Waals surface area contributed by atoms with Gasteiger partial charge in [0, 0.05) is 42.2 Å². The molecule has 9 nitrogen and oxygen atoms in total. The van der Waals surface area contributed by atoms with Crippen molar-refractivity contribution in [3.05, 3.63) is 126 Å². The fourth-order valence-electron chi connectivity index (χ4n) is 4.55. The number of pyridine rings is 1. The van der Waals surface area contributed by atoms with Crippen LogP contribution in [0.1, 0.15) is 29.2 Å². The van der Waals surface area contributed by atoms with E-state index in [0.717, 1.165) is 45.9 Å². The van der Waals surface area contributed by atoms with Gasteiger partial charge in [-0.05, 0) is 60.9 Å². The molecule has 3 N–H and O–H groups in total. The van der Waals surface area contributed by atoms with Crippen LogP contribution in [0.5, 0.6) is 11.5 Å². The van der Waals surface area contributed by atoms with Crippen molar-refractivity contribution < 1.29 is 9.47 Å². The summed E-state index contributed by atoms with van der Waals surface area (Å²) in [4.78, 5) is 13.9. The van der Waals surface area contributed by atoms with Crippen molar-refractivity contribution in [2.45, 2.75) is 19.8 Å². The minimum atomic E-state index is 0.455. The van der Waals surface area contributed by atoms with E-state index in [9.17, 15) is 0 Å². The highest BCUT2D eigenvalue weighted by atomic mass is 16.5. The smallest absolute Gasteiger partial charge is 0.231 e. The summed E-state index contributed by atoms with van der Waals surface area (Å²) in [6, 6.07) is 29.9. The zero-order valence-corrected chi connectivity index (χ0v) is 24.5. The van der Waals surface area contributed by atoms with Crippen molar-refractivity contribution in [1.82, 2.24) is 15.0 Å². The molecule has 0 amide bonds. The number of nitrogens with one attached hydrogen (secondary N) is 3. The number of methoxy groups -OCH3 is 2. The summed E-state index contributed by atoms with van der Waals surface area (Å²) in [5.74, 6) is 3.19. The second-order valence-corrected chi connectivity index (χ2v) is 9.79. The van der Waals surface area contributed by atoms with Gasteiger partial charge in [-0.1, -0.05) is 54.6 Å². The van der Waals surface area contributed by atoms with E-state index in [-0.39, 0.29) is 0 Å². The molecule has 43 heavy (non-hydrogen) atoms. The maximum atomic E-state index is 5.49. The van der Waals surface area contributed by atoms with Gasteiger partial charge in [0.05, 0.1) is 19.9 Å². The minimum absolute atomic E-state index is 0.455. The summed E-state index contributed by atoms with van der Waals surface area (Å²) in [7, 11) is 3.28. The maximum Gasteiger partial charge on any atom is 0.231 e. The largest absolute Gasteiger partial charge is 0.493 e. The summed E-state index contributed by atoms with van der Waals surface area (Å²) < 4.78 is 10.9. The molecule has 2 heterocycles. The molecule has 5 rings (SSSR count). The van der Waals surface area contributed by atoms with Crippen LogP contribution in [-0.2, 0) is 12.8 Å². The van der Waals surface area contributed by atoms with E-state index >= 15 is 0 Å². The Hall–Kier alpha value is -5.44. The lowest BCUT2D eigenvalue weighted by atomic mass is 10.1. The van der Waals surface area contributed by atoms with Gasteiger partial charge in [0.2, 0.25) is 5.95 Å². The zero-order chi connectivity index (χ0) is 29.9. The molecule has 9 heteroatoms. The van der Waals surface area contributed by atoms with Crippen LogP contribution in [0.25, 0.3) is 0 Å². The summed E-state index contributed by atoms with van der Waals surface area (Å²) in [5, 5.41) is 11.6. The molecular weight excluding hydrogens is 538 g/mol. The van der Waals surface area contributed by atoms with Crippen LogP contribution in [0.3, 0.4) is 0 Å². The number of benzene rings is 3. The van der Waals surface area contributed by atoms with Gasteiger partial charge < -0.3 is 20.1 Å². The average molecular weight is 574 g/mol. The molecule has 0 aliphatic carbocycles. The van der Waals surface area contributed by atoms with Crippen molar-refractivity contribution in [3.63, 3.8) is 0 Å². The third-order valence-electron chi connectivity index (χ3n) is 6.84. The van der Waals surface area contributed by atoms with Gasteiger partial charge in [0.25, 0.3) is 0 Å². The fraction of sp³-hybridized carbons (Fsp3) is 0.176. The first kappa shape index (κ1) is 29.1. The van der Waals surface area contributed by atoms with E-state index in [1.165, 1.54) is 0 Å². The number of hydrogen-bond donors (Lipinski definition) is 3. The molecule has 0 fully saturated rings. The number of para-hydroxylation sites is 1. The van der Waals surface area contributed by atoms with E-state index in [2.05, 4.69) is 38.3 Å². The molecule has 5 aromatic rings. The molecule has 0 unspecified atom stereocenters. The molecular formula is C34H35N7O2. The van der Waals surface area contributed by atoms with Crippen LogP contribution in [-0.4, -0.2) is 41.4 Å². The molecule has 0 aliphatic rings. The van der Waals surface area contributed by atoms with E-state index < -0.39 is 0 Å². The van der Waals surface area contributed by atoms with E-state index in [4.69, 9.17) is 19.4 Å². The van der Waals surface area contributed by atoms with Gasteiger partial charge in [-0.3, -0.25) is 10.4 Å². The molecule has 218 valence electrons. The summed E-state index contributed by atoms with van der Waals surface area (Å²) in [5.41, 5.74) is 9.06. The van der Waals surface area contributed by atoms with E-state index in [0.29, 0.717) is 36.2 Å². The highest BCUT2D eigenvalue weighted by Crippen LogP contribution is 2.29. The predicted molar refractivity (Wildman–Crippen MR) is 173 cm³/mol. The number of rotatable bonds is 13. The number of nitrogens with zero attached hydrogens (tertiary/aromatic N) is 4. The van der Waals surface area contributed by atoms with Gasteiger partial charge in [0.15, 0.2) is 17.3 Å². The average Bonchev–Trinajstić information content (AvgIpc) is 3.06. The number of anilines is 4. The quantitative estimate of drug-likeness (QED) is 0.105. The van der Waals surface area contributed by atoms with Gasteiger partial charge >= 0.3 is 0 Å². The number of aromatic nitrogens is 3. The van der Waals surface area contributed by atoms with Gasteiger partial charge in [0.1, 0.15) is 5.82 Å². The predicted octanol–water partition coefficient (Wildman–Crippen LogP) is 6.71. The minimum Gasteiger partial charge on any atom is -0.493 e. The van der Waals surface area contributed by atoms with E-state index in [1.54, 1.807) is 26.6 Å². The molecule has 2 aromatic heterocycles. The standard InChI is InChI=1S/C34H35N7O2/c1-24(27-17-19-35-20-18-27)40-41-33-29(22-25-10-6-4-7-11-25)32(38-34(39-33)37-28-12-8-5-9-13-28)36-21-16-26-14-15-30(42-2)31(23-26)43-3/h4-15,17-20,23H,16,21-22H2,1-3H3,(H3,36,37,38,39,41). The molecule has 0 spiro atoms. The van der Waals surface area contributed by atoms with Gasteiger partial charge in [-0.25, -0.2) is 0 Å². The Morgan fingerprint density at radius 3 is 2.19 bits per heavy atom.